The topological polar surface area (TPSA) is 90.3 Å². The monoisotopic (exact) mass is 339 g/mol. The van der Waals surface area contributed by atoms with E-state index in [2.05, 4.69) is 11.4 Å². The van der Waals surface area contributed by atoms with Crippen molar-refractivity contribution in [1.29, 1.82) is 5.26 Å². The van der Waals surface area contributed by atoms with E-state index in [9.17, 15) is 18.5 Å². The van der Waals surface area contributed by atoms with Gasteiger partial charge in [0.05, 0.1) is 11.8 Å². The fourth-order valence-corrected chi connectivity index (χ4v) is 5.57. The number of nitriles is 1. The van der Waals surface area contributed by atoms with Gasteiger partial charge in [-0.15, -0.1) is 11.3 Å². The molecule has 22 heavy (non-hydrogen) atoms. The second kappa shape index (κ2) is 5.65. The number of aryl methyl sites for hydroxylation is 1. The maximum Gasteiger partial charge on any atom is 0.243 e. The van der Waals surface area contributed by atoms with Gasteiger partial charge in [0.2, 0.25) is 15.9 Å². The molecule has 1 fully saturated rings. The first-order valence-electron chi connectivity index (χ1n) is 7.24. The van der Waals surface area contributed by atoms with Gasteiger partial charge in [-0.25, -0.2) is 8.42 Å². The van der Waals surface area contributed by atoms with Crippen molar-refractivity contribution in [2.24, 2.45) is 0 Å². The van der Waals surface area contributed by atoms with Gasteiger partial charge in [0.1, 0.15) is 17.1 Å². The van der Waals surface area contributed by atoms with Crippen molar-refractivity contribution in [2.45, 2.75) is 38.1 Å². The molecule has 2 aliphatic rings. The van der Waals surface area contributed by atoms with Gasteiger partial charge in [0.25, 0.3) is 0 Å². The van der Waals surface area contributed by atoms with E-state index in [-0.39, 0.29) is 5.91 Å². The van der Waals surface area contributed by atoms with Crippen LogP contribution in [0.2, 0.25) is 0 Å². The lowest BCUT2D eigenvalue weighted by molar-refractivity contribution is -0.119. The molecule has 1 aliphatic heterocycles. The number of thiophene rings is 1. The fourth-order valence-electron chi connectivity index (χ4n) is 3.20. The Bertz CT molecular complexity index is 761. The third kappa shape index (κ3) is 2.64. The molecule has 1 N–H and O–H groups in total. The van der Waals surface area contributed by atoms with Crippen molar-refractivity contribution >= 4 is 32.3 Å². The molecule has 1 saturated heterocycles. The van der Waals surface area contributed by atoms with Crippen LogP contribution >= 0.6 is 11.3 Å². The van der Waals surface area contributed by atoms with E-state index >= 15 is 0 Å². The molecule has 1 atom stereocenters. The molecular formula is C14H17N3O3S2. The zero-order valence-electron chi connectivity index (χ0n) is 12.3. The Morgan fingerprint density at radius 1 is 1.41 bits per heavy atom. The van der Waals surface area contributed by atoms with Crippen LogP contribution in [0.15, 0.2) is 0 Å². The van der Waals surface area contributed by atoms with E-state index in [1.165, 1.54) is 20.5 Å². The quantitative estimate of drug-likeness (QED) is 0.903. The van der Waals surface area contributed by atoms with Crippen LogP contribution in [0.3, 0.4) is 0 Å². The maximum absolute atomic E-state index is 12.4. The van der Waals surface area contributed by atoms with Crippen LogP contribution in [0, 0.1) is 11.3 Å². The minimum Gasteiger partial charge on any atom is -0.315 e. The normalized spacial score (nSPS) is 21.5. The minimum atomic E-state index is -3.39. The predicted octanol–water partition coefficient (Wildman–Crippen LogP) is 1.47. The Labute approximate surface area is 133 Å². The van der Waals surface area contributed by atoms with E-state index < -0.39 is 16.1 Å². The van der Waals surface area contributed by atoms with E-state index in [0.29, 0.717) is 30.0 Å². The zero-order chi connectivity index (χ0) is 15.9. The smallest absolute Gasteiger partial charge is 0.243 e. The van der Waals surface area contributed by atoms with Gasteiger partial charge in [-0.3, -0.25) is 4.79 Å². The zero-order valence-corrected chi connectivity index (χ0v) is 13.9. The van der Waals surface area contributed by atoms with Crippen LogP contribution < -0.4 is 5.32 Å². The van der Waals surface area contributed by atoms with Crippen molar-refractivity contribution in [3.63, 3.8) is 0 Å². The lowest BCUT2D eigenvalue weighted by Crippen LogP contribution is -2.42. The van der Waals surface area contributed by atoms with Gasteiger partial charge in [-0.2, -0.15) is 9.57 Å². The first-order chi connectivity index (χ1) is 10.4. The van der Waals surface area contributed by atoms with Crippen molar-refractivity contribution in [3.8, 4) is 6.07 Å². The summed E-state index contributed by atoms with van der Waals surface area (Å²) in [5.41, 5.74) is 1.60. The molecule has 6 nitrogen and oxygen atoms in total. The average molecular weight is 339 g/mol. The van der Waals surface area contributed by atoms with Gasteiger partial charge in [-0.05, 0) is 37.7 Å². The van der Waals surface area contributed by atoms with Crippen molar-refractivity contribution in [1.82, 2.24) is 4.31 Å². The first kappa shape index (κ1) is 15.5. The summed E-state index contributed by atoms with van der Waals surface area (Å²) in [4.78, 5) is 13.6. The predicted molar refractivity (Wildman–Crippen MR) is 84.3 cm³/mol. The number of rotatable bonds is 3. The largest absolute Gasteiger partial charge is 0.315 e. The summed E-state index contributed by atoms with van der Waals surface area (Å²) in [5.74, 6) is -0.334. The summed E-state index contributed by atoms with van der Waals surface area (Å²) >= 11 is 1.45. The maximum atomic E-state index is 12.4. The lowest BCUT2D eigenvalue weighted by Gasteiger charge is -2.21. The Morgan fingerprint density at radius 3 is 2.86 bits per heavy atom. The highest BCUT2D eigenvalue weighted by atomic mass is 32.2. The van der Waals surface area contributed by atoms with Gasteiger partial charge in [0.15, 0.2) is 0 Å². The van der Waals surface area contributed by atoms with Crippen LogP contribution in [-0.2, 0) is 27.7 Å². The molecule has 8 heteroatoms. The Balaban J connectivity index is 1.82. The summed E-state index contributed by atoms with van der Waals surface area (Å²) in [6, 6.07) is 1.51. The highest BCUT2D eigenvalue weighted by molar-refractivity contribution is 7.88. The minimum absolute atomic E-state index is 0.334. The fraction of sp³-hybridized carbons (Fsp3) is 0.571. The van der Waals surface area contributed by atoms with Crippen LogP contribution in [0.1, 0.15) is 35.3 Å². The highest BCUT2D eigenvalue weighted by Gasteiger charge is 2.37. The second-order valence-electron chi connectivity index (χ2n) is 5.69. The number of hydrogen-bond acceptors (Lipinski definition) is 5. The molecule has 0 radical (unpaired) electrons. The summed E-state index contributed by atoms with van der Waals surface area (Å²) in [6.07, 6.45) is 5.20. The number of nitrogens with zero attached hydrogens (tertiary/aromatic N) is 2. The Hall–Kier alpha value is -1.43. The number of nitrogens with one attached hydrogen (secondary N) is 1. The van der Waals surface area contributed by atoms with E-state index in [1.54, 1.807) is 0 Å². The van der Waals surface area contributed by atoms with Gasteiger partial charge >= 0.3 is 0 Å². The van der Waals surface area contributed by atoms with Crippen molar-refractivity contribution in [3.05, 3.63) is 16.0 Å². The molecule has 0 bridgehead atoms. The molecule has 1 aliphatic carbocycles. The molecule has 1 aromatic heterocycles. The molecule has 0 saturated carbocycles. The summed E-state index contributed by atoms with van der Waals surface area (Å²) in [6.45, 7) is 0.378. The van der Waals surface area contributed by atoms with Crippen LogP contribution in [-0.4, -0.2) is 37.5 Å². The third-order valence-electron chi connectivity index (χ3n) is 4.20. The standard InChI is InChI=1S/C14H17N3O3S2/c1-22(19,20)17-7-3-5-11(17)13(18)16-14-10(8-15)9-4-2-6-12(9)21-14/h11H,2-7H2,1H3,(H,16,18)/t11-/m1/s1. The van der Waals surface area contributed by atoms with E-state index in [4.69, 9.17) is 0 Å². The number of hydrogen-bond donors (Lipinski definition) is 1. The van der Waals surface area contributed by atoms with Gasteiger partial charge in [-0.1, -0.05) is 0 Å². The Morgan fingerprint density at radius 2 is 2.18 bits per heavy atom. The number of anilines is 1. The van der Waals surface area contributed by atoms with Crippen molar-refractivity contribution in [2.75, 3.05) is 18.1 Å². The SMILES string of the molecule is CS(=O)(=O)N1CCC[C@@H]1C(=O)Nc1sc2c(c1C#N)CCC2. The van der Waals surface area contributed by atoms with Gasteiger partial charge in [0, 0.05) is 11.4 Å². The molecule has 118 valence electrons. The molecular weight excluding hydrogens is 322 g/mol. The van der Waals surface area contributed by atoms with Crippen molar-refractivity contribution < 1.29 is 13.2 Å². The molecule has 0 aromatic carbocycles. The Kier molecular flexibility index (Phi) is 3.97. The molecule has 1 aromatic rings. The summed E-state index contributed by atoms with van der Waals surface area (Å²) < 4.78 is 24.7. The first-order valence-corrected chi connectivity index (χ1v) is 9.90. The number of amides is 1. The second-order valence-corrected chi connectivity index (χ2v) is 8.73. The molecule has 0 unspecified atom stereocenters. The lowest BCUT2D eigenvalue weighted by atomic mass is 10.1. The highest BCUT2D eigenvalue weighted by Crippen LogP contribution is 2.38. The molecule has 1 amide bonds. The van der Waals surface area contributed by atoms with Crippen LogP contribution in [0.5, 0.6) is 0 Å². The van der Waals surface area contributed by atoms with E-state index in [0.717, 1.165) is 31.1 Å². The van der Waals surface area contributed by atoms with Crippen LogP contribution in [0.4, 0.5) is 5.00 Å². The van der Waals surface area contributed by atoms with Crippen LogP contribution in [0.25, 0.3) is 0 Å². The number of fused-ring (bicyclic) bond motifs is 1. The summed E-state index contributed by atoms with van der Waals surface area (Å²) in [5, 5.41) is 12.7. The molecule has 0 spiro atoms. The summed E-state index contributed by atoms with van der Waals surface area (Å²) in [7, 11) is -3.39. The molecule has 3 rings (SSSR count). The van der Waals surface area contributed by atoms with Gasteiger partial charge < -0.3 is 5.32 Å². The average Bonchev–Trinajstić information content (AvgIpc) is 3.12. The number of sulfonamides is 1. The van der Waals surface area contributed by atoms with E-state index in [1.807, 2.05) is 0 Å². The number of carbonyl (C=O) groups excluding carboxylic acids is 1. The third-order valence-corrected chi connectivity index (χ3v) is 6.70. The molecule has 2 heterocycles. The number of carbonyl (C=O) groups is 1.